The molecule has 1 rings (SSSR count). The second-order valence-electron chi connectivity index (χ2n) is 3.71. The average Bonchev–Trinajstić information content (AvgIpc) is 2.40. The molecule has 0 saturated heterocycles. The first-order valence-electron chi connectivity index (χ1n) is 5.34. The Balaban J connectivity index is 2.84. The number of nitrogens with zero attached hydrogens (tertiary/aromatic N) is 1. The molecule has 0 fully saturated rings. The van der Waals surface area contributed by atoms with Gasteiger partial charge in [0.2, 0.25) is 0 Å². The first kappa shape index (κ1) is 14.4. The molecule has 18 heavy (non-hydrogen) atoms. The third kappa shape index (κ3) is 3.39. The van der Waals surface area contributed by atoms with Gasteiger partial charge in [0.25, 0.3) is 0 Å². The minimum absolute atomic E-state index is 0.00125. The van der Waals surface area contributed by atoms with E-state index in [9.17, 15) is 4.39 Å². The fourth-order valence-electron chi connectivity index (χ4n) is 1.41. The number of rotatable bonds is 6. The van der Waals surface area contributed by atoms with Gasteiger partial charge in [-0.05, 0) is 6.07 Å². The van der Waals surface area contributed by atoms with Crippen molar-refractivity contribution in [3.8, 4) is 0 Å². The van der Waals surface area contributed by atoms with Crippen LogP contribution >= 0.6 is 0 Å². The van der Waals surface area contributed by atoms with E-state index < -0.39 is 11.9 Å². The van der Waals surface area contributed by atoms with Gasteiger partial charge in [-0.2, -0.15) is 0 Å². The second kappa shape index (κ2) is 6.90. The Morgan fingerprint density at radius 2 is 2.06 bits per heavy atom. The molecule has 7 heteroatoms. The van der Waals surface area contributed by atoms with E-state index in [1.807, 2.05) is 0 Å². The first-order chi connectivity index (χ1) is 8.63. The molecular weight excluding hydrogens is 241 g/mol. The predicted molar refractivity (Wildman–Crippen MR) is 63.7 cm³/mol. The summed E-state index contributed by atoms with van der Waals surface area (Å²) >= 11 is 0. The highest BCUT2D eigenvalue weighted by atomic mass is 19.1. The van der Waals surface area contributed by atoms with Gasteiger partial charge in [-0.15, -0.1) is 0 Å². The fraction of sp³-hybridized carbons (Fsp3) is 0.364. The van der Waals surface area contributed by atoms with E-state index in [0.717, 1.165) is 0 Å². The number of oxime groups is 1. The van der Waals surface area contributed by atoms with Crippen molar-refractivity contribution >= 4 is 5.84 Å². The molecule has 0 atom stereocenters. The van der Waals surface area contributed by atoms with Crippen LogP contribution in [0.5, 0.6) is 0 Å². The number of halogens is 1. The van der Waals surface area contributed by atoms with Crippen LogP contribution < -0.4 is 11.1 Å². The van der Waals surface area contributed by atoms with Crippen LogP contribution in [0, 0.1) is 5.82 Å². The van der Waals surface area contributed by atoms with E-state index in [0.29, 0.717) is 5.56 Å². The molecule has 100 valence electrons. The molecule has 0 unspecified atom stereocenters. The van der Waals surface area contributed by atoms with Gasteiger partial charge in [0.15, 0.2) is 5.84 Å². The van der Waals surface area contributed by atoms with Gasteiger partial charge in [0, 0.05) is 12.1 Å². The molecule has 6 N–H and O–H groups in total. The molecule has 0 amide bonds. The summed E-state index contributed by atoms with van der Waals surface area (Å²) in [4.78, 5) is 0. The maximum absolute atomic E-state index is 13.9. The van der Waals surface area contributed by atoms with E-state index >= 15 is 0 Å². The zero-order chi connectivity index (χ0) is 13.5. The highest BCUT2D eigenvalue weighted by Crippen LogP contribution is 2.12. The fourth-order valence-corrected chi connectivity index (χ4v) is 1.41. The van der Waals surface area contributed by atoms with Crippen LogP contribution in [0.25, 0.3) is 0 Å². The van der Waals surface area contributed by atoms with E-state index in [1.54, 1.807) is 6.07 Å². The van der Waals surface area contributed by atoms with E-state index in [4.69, 9.17) is 21.2 Å². The number of hydrogen-bond acceptors (Lipinski definition) is 5. The number of hydrogen-bond donors (Lipinski definition) is 5. The number of nitrogens with one attached hydrogen (secondary N) is 1. The topological polar surface area (TPSA) is 111 Å². The van der Waals surface area contributed by atoms with Crippen LogP contribution in [0.1, 0.15) is 11.1 Å². The number of nitrogens with two attached hydrogens (primary N) is 1. The van der Waals surface area contributed by atoms with Crippen LogP contribution in [-0.4, -0.2) is 40.5 Å². The van der Waals surface area contributed by atoms with Gasteiger partial charge in [-0.1, -0.05) is 17.3 Å². The predicted octanol–water partition coefficient (Wildman–Crippen LogP) is -0.637. The summed E-state index contributed by atoms with van der Waals surface area (Å²) in [5, 5.41) is 31.8. The first-order valence-corrected chi connectivity index (χ1v) is 5.34. The number of aliphatic hydroxyl groups is 2. The van der Waals surface area contributed by atoms with Gasteiger partial charge >= 0.3 is 0 Å². The summed E-state index contributed by atoms with van der Waals surface area (Å²) in [5.41, 5.74) is 5.63. The van der Waals surface area contributed by atoms with E-state index in [2.05, 4.69) is 10.5 Å². The Kier molecular flexibility index (Phi) is 5.50. The molecule has 0 aromatic heterocycles. The summed E-state index contributed by atoms with van der Waals surface area (Å²) in [6, 6.07) is 3.98. The number of amidine groups is 1. The molecule has 0 spiro atoms. The van der Waals surface area contributed by atoms with Crippen LogP contribution in [-0.2, 0) is 6.54 Å². The standard InChI is InChI=1S/C11H16FN3O3/c12-10-7(4-14-8(5-16)6-17)2-1-3-9(10)11(13)15-18/h1-3,8,14,16-18H,4-6H2,(H2,13,15). The van der Waals surface area contributed by atoms with Crippen LogP contribution in [0.2, 0.25) is 0 Å². The SMILES string of the molecule is N/C(=N/O)c1cccc(CNC(CO)CO)c1F. The quantitative estimate of drug-likeness (QED) is 0.201. The van der Waals surface area contributed by atoms with E-state index in [1.165, 1.54) is 12.1 Å². The van der Waals surface area contributed by atoms with Crippen molar-refractivity contribution in [2.45, 2.75) is 12.6 Å². The molecule has 0 aliphatic rings. The second-order valence-corrected chi connectivity index (χ2v) is 3.71. The monoisotopic (exact) mass is 257 g/mol. The van der Waals surface area contributed by atoms with Crippen molar-refractivity contribution < 1.29 is 19.8 Å². The molecule has 0 saturated carbocycles. The maximum atomic E-state index is 13.9. The van der Waals surface area contributed by atoms with Crippen LogP contribution in [0.4, 0.5) is 4.39 Å². The van der Waals surface area contributed by atoms with Crippen molar-refractivity contribution in [3.63, 3.8) is 0 Å². The summed E-state index contributed by atoms with van der Waals surface area (Å²) in [6.07, 6.45) is 0. The average molecular weight is 257 g/mol. The molecule has 0 aliphatic heterocycles. The molecule has 0 aliphatic carbocycles. The van der Waals surface area contributed by atoms with Crippen molar-refractivity contribution in [2.24, 2.45) is 10.9 Å². The van der Waals surface area contributed by atoms with Crippen molar-refractivity contribution in [3.05, 3.63) is 35.1 Å². The maximum Gasteiger partial charge on any atom is 0.173 e. The zero-order valence-electron chi connectivity index (χ0n) is 9.67. The molecule has 6 nitrogen and oxygen atoms in total. The highest BCUT2D eigenvalue weighted by molar-refractivity contribution is 5.97. The lowest BCUT2D eigenvalue weighted by Gasteiger charge is -2.14. The van der Waals surface area contributed by atoms with Gasteiger partial charge < -0.3 is 26.5 Å². The van der Waals surface area contributed by atoms with Gasteiger partial charge in [0.1, 0.15) is 5.82 Å². The van der Waals surface area contributed by atoms with Gasteiger partial charge in [-0.3, -0.25) is 0 Å². The number of benzene rings is 1. The Morgan fingerprint density at radius 3 is 2.61 bits per heavy atom. The highest BCUT2D eigenvalue weighted by Gasteiger charge is 2.12. The third-order valence-corrected chi connectivity index (χ3v) is 2.48. The summed E-state index contributed by atoms with van der Waals surface area (Å²) in [7, 11) is 0. The Labute approximate surface area is 104 Å². The lowest BCUT2D eigenvalue weighted by Crippen LogP contribution is -2.35. The normalized spacial score (nSPS) is 12.1. The van der Waals surface area contributed by atoms with Crippen LogP contribution in [0.15, 0.2) is 23.4 Å². The van der Waals surface area contributed by atoms with Crippen molar-refractivity contribution in [1.82, 2.24) is 5.32 Å². The van der Waals surface area contributed by atoms with Gasteiger partial charge in [0.05, 0.1) is 24.8 Å². The Bertz CT molecular complexity index is 422. The molecular formula is C11H16FN3O3. The Hall–Kier alpha value is -1.70. The molecule has 0 radical (unpaired) electrons. The largest absolute Gasteiger partial charge is 0.409 e. The lowest BCUT2D eigenvalue weighted by atomic mass is 10.1. The van der Waals surface area contributed by atoms with E-state index in [-0.39, 0.29) is 31.2 Å². The van der Waals surface area contributed by atoms with Crippen molar-refractivity contribution in [1.29, 1.82) is 0 Å². The summed E-state index contributed by atoms with van der Waals surface area (Å²) in [5.74, 6) is -0.912. The Morgan fingerprint density at radius 1 is 1.39 bits per heavy atom. The zero-order valence-corrected chi connectivity index (χ0v) is 9.67. The molecule has 1 aromatic rings. The summed E-state index contributed by atoms with van der Waals surface area (Å²) in [6.45, 7) is -0.389. The molecule has 0 bridgehead atoms. The minimum atomic E-state index is -0.602. The smallest absolute Gasteiger partial charge is 0.173 e. The summed E-state index contributed by atoms with van der Waals surface area (Å²) < 4.78 is 13.9. The molecule has 0 heterocycles. The van der Waals surface area contributed by atoms with Crippen molar-refractivity contribution in [2.75, 3.05) is 13.2 Å². The number of aliphatic hydroxyl groups excluding tert-OH is 2. The van der Waals surface area contributed by atoms with Gasteiger partial charge in [-0.25, -0.2) is 4.39 Å². The molecule has 1 aromatic carbocycles. The lowest BCUT2D eigenvalue weighted by molar-refractivity contribution is 0.170. The minimum Gasteiger partial charge on any atom is -0.409 e. The van der Waals surface area contributed by atoms with Crippen LogP contribution in [0.3, 0.4) is 0 Å². The third-order valence-electron chi connectivity index (χ3n) is 2.48.